The van der Waals surface area contributed by atoms with Crippen LogP contribution in [-0.2, 0) is 14.6 Å². The molecule has 7 nitrogen and oxygen atoms in total. The summed E-state index contributed by atoms with van der Waals surface area (Å²) in [6.45, 7) is 1.49. The topological polar surface area (TPSA) is 98.5 Å². The van der Waals surface area contributed by atoms with Crippen molar-refractivity contribution in [3.63, 3.8) is 0 Å². The Morgan fingerprint density at radius 3 is 2.52 bits per heavy atom. The number of nitrogens with one attached hydrogen (secondary N) is 1. The monoisotopic (exact) mass is 310 g/mol. The summed E-state index contributed by atoms with van der Waals surface area (Å²) in [4.78, 5) is 11.8. The van der Waals surface area contributed by atoms with Crippen molar-refractivity contribution in [2.75, 3.05) is 18.2 Å². The van der Waals surface area contributed by atoms with Gasteiger partial charge in [-0.2, -0.15) is 0 Å². The Morgan fingerprint density at radius 1 is 1.33 bits per heavy atom. The second kappa shape index (κ2) is 5.96. The van der Waals surface area contributed by atoms with Crippen molar-refractivity contribution >= 4 is 21.6 Å². The van der Waals surface area contributed by atoms with Gasteiger partial charge in [-0.05, 0) is 31.2 Å². The molecule has 0 aliphatic carbocycles. The largest absolute Gasteiger partial charge is 0.484 e. The number of carbonyl (C=O) groups excluding carboxylic acids is 1. The number of aromatic nitrogens is 1. The maximum absolute atomic E-state index is 11.6. The zero-order valence-corrected chi connectivity index (χ0v) is 12.3. The summed E-state index contributed by atoms with van der Waals surface area (Å²) in [6, 6.07) is 7.40. The predicted octanol–water partition coefficient (Wildman–Crippen LogP) is 1.40. The van der Waals surface area contributed by atoms with Crippen molar-refractivity contribution in [3.8, 4) is 5.75 Å². The van der Waals surface area contributed by atoms with Gasteiger partial charge in [-0.25, -0.2) is 8.42 Å². The number of sulfone groups is 1. The summed E-state index contributed by atoms with van der Waals surface area (Å²) >= 11 is 0. The molecule has 0 atom stereocenters. The first-order valence-electron chi connectivity index (χ1n) is 6.01. The lowest BCUT2D eigenvalue weighted by molar-refractivity contribution is -0.118. The Balaban J connectivity index is 1.89. The number of anilines is 1. The molecule has 1 aromatic carbocycles. The molecule has 0 unspecified atom stereocenters. The van der Waals surface area contributed by atoms with Crippen molar-refractivity contribution in [1.82, 2.24) is 5.16 Å². The Hall–Kier alpha value is -2.35. The fourth-order valence-corrected chi connectivity index (χ4v) is 2.17. The van der Waals surface area contributed by atoms with E-state index in [-0.39, 0.29) is 11.5 Å². The van der Waals surface area contributed by atoms with E-state index < -0.39 is 15.7 Å². The van der Waals surface area contributed by atoms with E-state index in [4.69, 9.17) is 9.26 Å². The number of nitrogens with zero attached hydrogens (tertiary/aromatic N) is 1. The molecule has 1 amide bonds. The molecular formula is C13H14N2O5S. The van der Waals surface area contributed by atoms with E-state index in [1.165, 1.54) is 24.3 Å². The van der Waals surface area contributed by atoms with E-state index in [0.717, 1.165) is 6.26 Å². The fourth-order valence-electron chi connectivity index (χ4n) is 1.54. The van der Waals surface area contributed by atoms with Crippen LogP contribution in [0.25, 0.3) is 0 Å². The maximum Gasteiger partial charge on any atom is 0.263 e. The van der Waals surface area contributed by atoms with Gasteiger partial charge in [0.2, 0.25) is 0 Å². The van der Waals surface area contributed by atoms with Gasteiger partial charge in [0.25, 0.3) is 5.91 Å². The normalized spacial score (nSPS) is 11.1. The molecule has 0 radical (unpaired) electrons. The van der Waals surface area contributed by atoms with Crippen molar-refractivity contribution in [2.45, 2.75) is 11.8 Å². The molecule has 1 N–H and O–H groups in total. The molecule has 1 heterocycles. The Morgan fingerprint density at radius 2 is 2.00 bits per heavy atom. The van der Waals surface area contributed by atoms with Crippen molar-refractivity contribution < 1.29 is 22.5 Å². The summed E-state index contributed by atoms with van der Waals surface area (Å²) in [7, 11) is -3.24. The average Bonchev–Trinajstić information content (AvgIpc) is 2.81. The molecule has 0 fully saturated rings. The maximum atomic E-state index is 11.6. The number of rotatable bonds is 5. The lowest BCUT2D eigenvalue weighted by Gasteiger charge is -2.06. The van der Waals surface area contributed by atoms with Crippen LogP contribution >= 0.6 is 0 Å². The van der Waals surface area contributed by atoms with Crippen LogP contribution in [0.4, 0.5) is 5.82 Å². The van der Waals surface area contributed by atoms with Gasteiger partial charge < -0.3 is 14.6 Å². The number of hydrogen-bond donors (Lipinski definition) is 1. The number of aryl methyl sites for hydroxylation is 1. The Bertz CT molecular complexity index is 734. The highest BCUT2D eigenvalue weighted by atomic mass is 32.2. The average molecular weight is 310 g/mol. The minimum atomic E-state index is -3.24. The second-order valence-corrected chi connectivity index (χ2v) is 6.42. The summed E-state index contributed by atoms with van der Waals surface area (Å²) in [5.74, 6) is 0.903. The van der Waals surface area contributed by atoms with E-state index in [1.807, 2.05) is 0 Å². The lowest BCUT2D eigenvalue weighted by atomic mass is 10.3. The smallest absolute Gasteiger partial charge is 0.263 e. The van der Waals surface area contributed by atoms with Gasteiger partial charge in [-0.15, -0.1) is 0 Å². The molecule has 0 spiro atoms. The lowest BCUT2D eigenvalue weighted by Crippen LogP contribution is -2.20. The van der Waals surface area contributed by atoms with Crippen LogP contribution in [0.1, 0.15) is 5.76 Å². The Labute approximate surface area is 121 Å². The molecule has 0 saturated carbocycles. The summed E-state index contributed by atoms with van der Waals surface area (Å²) in [6.07, 6.45) is 1.12. The van der Waals surface area contributed by atoms with Crippen LogP contribution in [0.5, 0.6) is 5.75 Å². The van der Waals surface area contributed by atoms with E-state index in [0.29, 0.717) is 17.3 Å². The standard InChI is InChI=1S/C13H14N2O5S/c1-9-7-12(15-20-9)14-13(16)8-19-10-3-5-11(6-4-10)21(2,17)18/h3-7H,8H2,1-2H3,(H,14,15,16). The highest BCUT2D eigenvalue weighted by Gasteiger charge is 2.09. The van der Waals surface area contributed by atoms with Crippen LogP contribution in [0.3, 0.4) is 0 Å². The van der Waals surface area contributed by atoms with Gasteiger partial charge in [0.15, 0.2) is 22.3 Å². The number of benzene rings is 1. The third-order valence-electron chi connectivity index (χ3n) is 2.52. The number of carbonyl (C=O) groups is 1. The highest BCUT2D eigenvalue weighted by Crippen LogP contribution is 2.15. The van der Waals surface area contributed by atoms with E-state index >= 15 is 0 Å². The van der Waals surface area contributed by atoms with Crippen LogP contribution in [0.15, 0.2) is 39.8 Å². The summed E-state index contributed by atoms with van der Waals surface area (Å²) < 4.78 is 32.6. The summed E-state index contributed by atoms with van der Waals surface area (Å²) in [5, 5.41) is 6.12. The molecular weight excluding hydrogens is 296 g/mol. The van der Waals surface area contributed by atoms with Gasteiger partial charge in [-0.3, -0.25) is 4.79 Å². The third-order valence-corrected chi connectivity index (χ3v) is 3.65. The first-order valence-corrected chi connectivity index (χ1v) is 7.90. The van der Waals surface area contributed by atoms with E-state index in [1.54, 1.807) is 13.0 Å². The number of hydrogen-bond acceptors (Lipinski definition) is 6. The van der Waals surface area contributed by atoms with Crippen LogP contribution in [0, 0.1) is 6.92 Å². The second-order valence-electron chi connectivity index (χ2n) is 4.40. The highest BCUT2D eigenvalue weighted by molar-refractivity contribution is 7.90. The van der Waals surface area contributed by atoms with Crippen LogP contribution < -0.4 is 10.1 Å². The quantitative estimate of drug-likeness (QED) is 0.896. The zero-order chi connectivity index (χ0) is 15.5. The predicted molar refractivity (Wildman–Crippen MR) is 74.9 cm³/mol. The van der Waals surface area contributed by atoms with Crippen molar-refractivity contribution in [1.29, 1.82) is 0 Å². The first-order chi connectivity index (χ1) is 9.84. The molecule has 2 aromatic rings. The van der Waals surface area contributed by atoms with E-state index in [9.17, 15) is 13.2 Å². The molecule has 0 saturated heterocycles. The van der Waals surface area contributed by atoms with Gasteiger partial charge in [0.05, 0.1) is 4.90 Å². The fraction of sp³-hybridized carbons (Fsp3) is 0.231. The summed E-state index contributed by atoms with van der Waals surface area (Å²) in [5.41, 5.74) is 0. The number of amides is 1. The Kier molecular flexibility index (Phi) is 4.27. The molecule has 0 aliphatic heterocycles. The van der Waals surface area contributed by atoms with Gasteiger partial charge in [0.1, 0.15) is 11.5 Å². The number of ether oxygens (including phenoxy) is 1. The molecule has 112 valence electrons. The van der Waals surface area contributed by atoms with Crippen molar-refractivity contribution in [2.24, 2.45) is 0 Å². The third kappa shape index (κ3) is 4.32. The van der Waals surface area contributed by atoms with E-state index in [2.05, 4.69) is 10.5 Å². The molecule has 21 heavy (non-hydrogen) atoms. The van der Waals surface area contributed by atoms with Gasteiger partial charge >= 0.3 is 0 Å². The first kappa shape index (κ1) is 15.0. The molecule has 0 bridgehead atoms. The minimum Gasteiger partial charge on any atom is -0.484 e. The zero-order valence-electron chi connectivity index (χ0n) is 11.5. The van der Waals surface area contributed by atoms with Crippen LogP contribution in [0.2, 0.25) is 0 Å². The van der Waals surface area contributed by atoms with Crippen molar-refractivity contribution in [3.05, 3.63) is 36.1 Å². The van der Waals surface area contributed by atoms with Gasteiger partial charge in [0, 0.05) is 12.3 Å². The molecule has 2 rings (SSSR count). The molecule has 8 heteroatoms. The SMILES string of the molecule is Cc1cc(NC(=O)COc2ccc(S(C)(=O)=O)cc2)no1. The van der Waals surface area contributed by atoms with Crippen LogP contribution in [-0.4, -0.2) is 32.3 Å². The molecule has 1 aromatic heterocycles. The molecule has 0 aliphatic rings. The minimum absolute atomic E-state index is 0.192. The van der Waals surface area contributed by atoms with Gasteiger partial charge in [-0.1, -0.05) is 5.16 Å².